The zero-order valence-corrected chi connectivity index (χ0v) is 19.4. The molecule has 1 fully saturated rings. The van der Waals surface area contributed by atoms with Crippen molar-refractivity contribution < 1.29 is 4.79 Å². The van der Waals surface area contributed by atoms with E-state index in [1.165, 1.54) is 6.08 Å². The zero-order valence-electron chi connectivity index (χ0n) is 19.4. The van der Waals surface area contributed by atoms with Gasteiger partial charge < -0.3 is 20.5 Å². The van der Waals surface area contributed by atoms with Crippen molar-refractivity contribution in [3.63, 3.8) is 0 Å². The molecule has 5 rings (SSSR count). The molecule has 3 N–H and O–H groups in total. The fraction of sp³-hybridized carbons (Fsp3) is 0.280. The molecule has 4 heterocycles. The first-order valence-electron chi connectivity index (χ1n) is 11.4. The van der Waals surface area contributed by atoms with Crippen LogP contribution in [0.5, 0.6) is 0 Å². The van der Waals surface area contributed by atoms with E-state index in [1.807, 2.05) is 60.0 Å². The molecular weight excluding hydrogens is 428 g/mol. The van der Waals surface area contributed by atoms with Crippen molar-refractivity contribution in [1.29, 1.82) is 0 Å². The van der Waals surface area contributed by atoms with E-state index in [9.17, 15) is 4.79 Å². The number of aryl methyl sites for hydroxylation is 2. The highest BCUT2D eigenvalue weighted by Crippen LogP contribution is 2.26. The third-order valence-electron chi connectivity index (χ3n) is 6.04. The van der Waals surface area contributed by atoms with E-state index in [4.69, 9.17) is 4.98 Å². The number of aromatic amines is 1. The number of amides is 1. The molecule has 0 radical (unpaired) electrons. The van der Waals surface area contributed by atoms with Gasteiger partial charge in [0.25, 0.3) is 0 Å². The number of rotatable bonds is 6. The van der Waals surface area contributed by atoms with Crippen molar-refractivity contribution in [2.24, 2.45) is 0 Å². The molecule has 1 aromatic carbocycles. The maximum atomic E-state index is 12.1. The van der Waals surface area contributed by atoms with Crippen LogP contribution in [0.15, 0.2) is 55.3 Å². The minimum atomic E-state index is -0.0350. The smallest absolute Gasteiger partial charge is 0.246 e. The minimum Gasteiger partial charge on any atom is -0.365 e. The number of benzene rings is 1. The Balaban J connectivity index is 1.36. The predicted molar refractivity (Wildman–Crippen MR) is 134 cm³/mol. The molecule has 1 atom stereocenters. The molecule has 34 heavy (non-hydrogen) atoms. The van der Waals surface area contributed by atoms with E-state index in [0.29, 0.717) is 12.5 Å². The quantitative estimate of drug-likeness (QED) is 0.378. The Morgan fingerprint density at radius 1 is 1.21 bits per heavy atom. The molecule has 0 unspecified atom stereocenters. The van der Waals surface area contributed by atoms with Crippen molar-refractivity contribution in [3.8, 4) is 5.69 Å². The van der Waals surface area contributed by atoms with Gasteiger partial charge in [-0.15, -0.1) is 0 Å². The van der Waals surface area contributed by atoms with Crippen LogP contribution in [0.25, 0.3) is 16.7 Å². The standard InChI is InChI=1S/C25H28N8O/c1-4-22(34)32-13-5-6-19(15-32)27-24-21-11-12-26-23(21)29-25(30-24)28-18-7-9-20(10-8-18)33-17(3)14-16(2)31-33/h4,7-12,14,19H,1,5-6,13,15H2,2-3H3,(H3,26,27,28,29,30)/t19-/m1/s1. The van der Waals surface area contributed by atoms with Gasteiger partial charge in [0.1, 0.15) is 11.5 Å². The summed E-state index contributed by atoms with van der Waals surface area (Å²) in [5.74, 6) is 1.20. The molecule has 9 heteroatoms. The van der Waals surface area contributed by atoms with Gasteiger partial charge in [0.2, 0.25) is 11.9 Å². The fourth-order valence-corrected chi connectivity index (χ4v) is 4.43. The first kappa shape index (κ1) is 21.7. The van der Waals surface area contributed by atoms with Crippen LogP contribution >= 0.6 is 0 Å². The van der Waals surface area contributed by atoms with Crippen LogP contribution in [-0.4, -0.2) is 54.7 Å². The number of hydrogen-bond acceptors (Lipinski definition) is 6. The number of likely N-dealkylation sites (tertiary alicyclic amines) is 1. The van der Waals surface area contributed by atoms with E-state index in [1.54, 1.807) is 0 Å². The molecular formula is C25H28N8O. The Kier molecular flexibility index (Phi) is 5.75. The Morgan fingerprint density at radius 2 is 2.03 bits per heavy atom. The van der Waals surface area contributed by atoms with Gasteiger partial charge in [0.05, 0.1) is 16.8 Å². The van der Waals surface area contributed by atoms with E-state index >= 15 is 0 Å². The Labute approximate surface area is 197 Å². The molecule has 174 valence electrons. The number of carbonyl (C=O) groups is 1. The van der Waals surface area contributed by atoms with Crippen LogP contribution in [-0.2, 0) is 4.79 Å². The van der Waals surface area contributed by atoms with Crippen LogP contribution in [0.1, 0.15) is 24.2 Å². The SMILES string of the molecule is C=CC(=O)N1CCC[C@@H](Nc2nc(Nc3ccc(-n4nc(C)cc4C)cc3)nc3[nH]ccc23)C1. The van der Waals surface area contributed by atoms with E-state index < -0.39 is 0 Å². The van der Waals surface area contributed by atoms with Crippen LogP contribution in [0, 0.1) is 13.8 Å². The first-order valence-corrected chi connectivity index (χ1v) is 11.4. The summed E-state index contributed by atoms with van der Waals surface area (Å²) in [5, 5.41) is 12.3. The van der Waals surface area contributed by atoms with Crippen molar-refractivity contribution in [1.82, 2.24) is 29.6 Å². The highest BCUT2D eigenvalue weighted by molar-refractivity contribution is 5.89. The average molecular weight is 457 g/mol. The Morgan fingerprint density at radius 3 is 2.76 bits per heavy atom. The van der Waals surface area contributed by atoms with Crippen LogP contribution in [0.3, 0.4) is 0 Å². The second kappa shape index (κ2) is 9.01. The number of hydrogen-bond donors (Lipinski definition) is 3. The van der Waals surface area contributed by atoms with Crippen LogP contribution < -0.4 is 10.6 Å². The summed E-state index contributed by atoms with van der Waals surface area (Å²) < 4.78 is 1.92. The molecule has 1 aliphatic rings. The average Bonchev–Trinajstić information content (AvgIpc) is 3.45. The Bertz CT molecular complexity index is 1340. The normalized spacial score (nSPS) is 15.9. The molecule has 1 aliphatic heterocycles. The fourth-order valence-electron chi connectivity index (χ4n) is 4.43. The number of aromatic nitrogens is 5. The highest BCUT2D eigenvalue weighted by Gasteiger charge is 2.23. The molecule has 0 bridgehead atoms. The van der Waals surface area contributed by atoms with Crippen molar-refractivity contribution in [2.45, 2.75) is 32.7 Å². The predicted octanol–water partition coefficient (Wildman–Crippen LogP) is 4.09. The highest BCUT2D eigenvalue weighted by atomic mass is 16.2. The van der Waals surface area contributed by atoms with E-state index in [0.717, 1.165) is 59.0 Å². The van der Waals surface area contributed by atoms with Gasteiger partial charge in [-0.3, -0.25) is 4.79 Å². The lowest BCUT2D eigenvalue weighted by Gasteiger charge is -2.33. The number of piperidine rings is 1. The summed E-state index contributed by atoms with van der Waals surface area (Å²) in [6.07, 6.45) is 5.13. The number of H-pyrrole nitrogens is 1. The number of anilines is 3. The minimum absolute atomic E-state index is 0.0350. The number of fused-ring (bicyclic) bond motifs is 1. The van der Waals surface area contributed by atoms with Gasteiger partial charge in [0.15, 0.2) is 0 Å². The summed E-state index contributed by atoms with van der Waals surface area (Å²) in [5.41, 5.74) is 4.69. The van der Waals surface area contributed by atoms with Gasteiger partial charge in [0, 0.05) is 36.7 Å². The summed E-state index contributed by atoms with van der Waals surface area (Å²) in [6, 6.07) is 12.1. The van der Waals surface area contributed by atoms with Gasteiger partial charge in [-0.05, 0) is 69.2 Å². The summed E-state index contributed by atoms with van der Waals surface area (Å²) >= 11 is 0. The zero-order chi connectivity index (χ0) is 23.7. The number of carbonyl (C=O) groups excluding carboxylic acids is 1. The third-order valence-corrected chi connectivity index (χ3v) is 6.04. The molecule has 0 spiro atoms. The number of nitrogens with zero attached hydrogens (tertiary/aromatic N) is 5. The lowest BCUT2D eigenvalue weighted by molar-refractivity contribution is -0.127. The number of nitrogens with one attached hydrogen (secondary N) is 3. The maximum Gasteiger partial charge on any atom is 0.246 e. The topological polar surface area (TPSA) is 104 Å². The summed E-state index contributed by atoms with van der Waals surface area (Å²) in [6.45, 7) is 9.02. The van der Waals surface area contributed by atoms with Gasteiger partial charge >= 0.3 is 0 Å². The summed E-state index contributed by atoms with van der Waals surface area (Å²) in [7, 11) is 0. The monoisotopic (exact) mass is 456 g/mol. The summed E-state index contributed by atoms with van der Waals surface area (Å²) in [4.78, 5) is 26.4. The van der Waals surface area contributed by atoms with E-state index in [2.05, 4.69) is 38.3 Å². The van der Waals surface area contributed by atoms with Gasteiger partial charge in [-0.25, -0.2) is 4.68 Å². The molecule has 9 nitrogen and oxygen atoms in total. The molecule has 0 saturated carbocycles. The van der Waals surface area contributed by atoms with Crippen LogP contribution in [0.2, 0.25) is 0 Å². The maximum absolute atomic E-state index is 12.1. The largest absolute Gasteiger partial charge is 0.365 e. The second-order valence-corrected chi connectivity index (χ2v) is 8.62. The lowest BCUT2D eigenvalue weighted by Crippen LogP contribution is -2.44. The van der Waals surface area contributed by atoms with Crippen molar-refractivity contribution in [3.05, 3.63) is 66.6 Å². The molecule has 1 amide bonds. The van der Waals surface area contributed by atoms with Crippen molar-refractivity contribution in [2.75, 3.05) is 23.7 Å². The van der Waals surface area contributed by atoms with Gasteiger partial charge in [-0.1, -0.05) is 6.58 Å². The molecule has 0 aliphatic carbocycles. The van der Waals surface area contributed by atoms with Crippen LogP contribution in [0.4, 0.5) is 17.5 Å². The first-order chi connectivity index (χ1) is 16.5. The Hall–Kier alpha value is -4.14. The molecule has 4 aromatic rings. The second-order valence-electron chi connectivity index (χ2n) is 8.62. The molecule has 3 aromatic heterocycles. The lowest BCUT2D eigenvalue weighted by atomic mass is 10.1. The van der Waals surface area contributed by atoms with Crippen molar-refractivity contribution >= 4 is 34.4 Å². The third kappa shape index (κ3) is 4.36. The van der Waals surface area contributed by atoms with Gasteiger partial charge in [-0.2, -0.15) is 15.1 Å². The van der Waals surface area contributed by atoms with E-state index in [-0.39, 0.29) is 11.9 Å². The molecule has 1 saturated heterocycles.